The highest BCUT2D eigenvalue weighted by atomic mass is 16.1. The molecule has 1 aromatic carbocycles. The summed E-state index contributed by atoms with van der Waals surface area (Å²) in [7, 11) is 1.88. The van der Waals surface area contributed by atoms with E-state index < -0.39 is 0 Å². The second-order valence-electron chi connectivity index (χ2n) is 8.56. The van der Waals surface area contributed by atoms with Gasteiger partial charge in [-0.2, -0.15) is 10.4 Å². The third-order valence-electron chi connectivity index (χ3n) is 6.33. The van der Waals surface area contributed by atoms with Crippen LogP contribution in [0.3, 0.4) is 0 Å². The van der Waals surface area contributed by atoms with Crippen LogP contribution in [0.5, 0.6) is 0 Å². The molecule has 0 spiro atoms. The molecular weight excluding hydrogens is 400 g/mol. The van der Waals surface area contributed by atoms with Gasteiger partial charge in [0.25, 0.3) is 5.56 Å². The molecule has 7 nitrogen and oxygen atoms in total. The van der Waals surface area contributed by atoms with Crippen LogP contribution < -0.4 is 16.2 Å². The molecule has 3 aromatic rings. The van der Waals surface area contributed by atoms with Crippen LogP contribution >= 0.6 is 0 Å². The van der Waals surface area contributed by atoms with Crippen molar-refractivity contribution in [3.8, 4) is 17.2 Å². The van der Waals surface area contributed by atoms with Gasteiger partial charge in [-0.1, -0.05) is 18.6 Å². The van der Waals surface area contributed by atoms with Gasteiger partial charge in [-0.25, -0.2) is 0 Å². The SMILES string of the molecule is Cn1cc(-c2c[nH]c(=O)c(NCCC(NCCc3ccc(C#N)cc3)C3CCC3)c2)cn1. The van der Waals surface area contributed by atoms with Crippen LogP contribution in [0, 0.1) is 17.2 Å². The van der Waals surface area contributed by atoms with E-state index in [2.05, 4.69) is 26.8 Å². The summed E-state index contributed by atoms with van der Waals surface area (Å²) in [5.41, 5.74) is 4.34. The third-order valence-corrected chi connectivity index (χ3v) is 6.33. The molecule has 0 amide bonds. The lowest BCUT2D eigenvalue weighted by molar-refractivity contribution is 0.223. The predicted octanol–water partition coefficient (Wildman–Crippen LogP) is 3.45. The number of nitrogens with zero attached hydrogens (tertiary/aromatic N) is 3. The van der Waals surface area contributed by atoms with E-state index in [9.17, 15) is 4.79 Å². The highest BCUT2D eigenvalue weighted by Gasteiger charge is 2.26. The molecule has 166 valence electrons. The molecule has 3 N–H and O–H groups in total. The largest absolute Gasteiger partial charge is 0.381 e. The van der Waals surface area contributed by atoms with Gasteiger partial charge < -0.3 is 15.6 Å². The molecule has 4 rings (SSSR count). The van der Waals surface area contributed by atoms with Crippen LogP contribution in [0.4, 0.5) is 5.69 Å². The molecule has 1 fully saturated rings. The Balaban J connectivity index is 1.31. The molecular formula is C25H30N6O. The minimum absolute atomic E-state index is 0.105. The molecule has 1 atom stereocenters. The van der Waals surface area contributed by atoms with Crippen LogP contribution in [-0.2, 0) is 13.5 Å². The number of nitrogens with one attached hydrogen (secondary N) is 3. The zero-order valence-corrected chi connectivity index (χ0v) is 18.5. The number of pyridine rings is 1. The number of nitriles is 1. The number of hydrogen-bond donors (Lipinski definition) is 3. The van der Waals surface area contributed by atoms with Gasteiger partial charge in [0.1, 0.15) is 5.69 Å². The van der Waals surface area contributed by atoms with Crippen LogP contribution in [0.2, 0.25) is 0 Å². The van der Waals surface area contributed by atoms with Gasteiger partial charge in [-0.05, 0) is 61.9 Å². The number of aryl methyl sites for hydroxylation is 1. The Hall–Kier alpha value is -3.37. The van der Waals surface area contributed by atoms with E-state index in [1.54, 1.807) is 17.1 Å². The highest BCUT2D eigenvalue weighted by molar-refractivity contribution is 5.65. The maximum atomic E-state index is 12.3. The maximum Gasteiger partial charge on any atom is 0.271 e. The van der Waals surface area contributed by atoms with Gasteiger partial charge in [-0.15, -0.1) is 0 Å². The van der Waals surface area contributed by atoms with E-state index in [1.165, 1.54) is 24.8 Å². The zero-order valence-electron chi connectivity index (χ0n) is 18.5. The molecule has 0 bridgehead atoms. The summed E-state index contributed by atoms with van der Waals surface area (Å²) in [4.78, 5) is 15.1. The summed E-state index contributed by atoms with van der Waals surface area (Å²) < 4.78 is 1.75. The fourth-order valence-electron chi connectivity index (χ4n) is 4.21. The van der Waals surface area contributed by atoms with E-state index in [0.717, 1.165) is 37.1 Å². The lowest BCUT2D eigenvalue weighted by Crippen LogP contribution is -2.41. The van der Waals surface area contributed by atoms with E-state index >= 15 is 0 Å². The smallest absolute Gasteiger partial charge is 0.271 e. The molecule has 0 aliphatic heterocycles. The van der Waals surface area contributed by atoms with Crippen molar-refractivity contribution in [1.29, 1.82) is 5.26 Å². The Labute approximate surface area is 188 Å². The summed E-state index contributed by atoms with van der Waals surface area (Å²) >= 11 is 0. The Bertz CT molecular complexity index is 1120. The third kappa shape index (κ3) is 5.45. The summed E-state index contributed by atoms with van der Waals surface area (Å²) in [6, 6.07) is 12.3. The van der Waals surface area contributed by atoms with Crippen molar-refractivity contribution in [3.05, 3.63) is 70.4 Å². The van der Waals surface area contributed by atoms with Crippen LogP contribution in [0.15, 0.2) is 53.7 Å². The first-order valence-electron chi connectivity index (χ1n) is 11.3. The average molecular weight is 431 g/mol. The fraction of sp³-hybridized carbons (Fsp3) is 0.400. The number of aromatic nitrogens is 3. The maximum absolute atomic E-state index is 12.3. The molecule has 1 unspecified atom stereocenters. The van der Waals surface area contributed by atoms with E-state index in [4.69, 9.17) is 5.26 Å². The second-order valence-corrected chi connectivity index (χ2v) is 8.56. The minimum Gasteiger partial charge on any atom is -0.381 e. The Kier molecular flexibility index (Phi) is 7.03. The van der Waals surface area contributed by atoms with Crippen LogP contribution in [-0.4, -0.2) is 33.9 Å². The standard InChI is InChI=1S/C25H30N6O/c1-31-17-22(16-30-31)21-13-24(25(32)29-15-21)28-12-10-23(20-3-2-4-20)27-11-9-18-5-7-19(14-26)8-6-18/h5-8,13,15-17,20,23,27-28H,2-4,9-12H2,1H3,(H,29,32). The summed E-state index contributed by atoms with van der Waals surface area (Å²) in [6.45, 7) is 1.65. The molecule has 32 heavy (non-hydrogen) atoms. The molecule has 0 saturated heterocycles. The van der Waals surface area contributed by atoms with Crippen LogP contribution in [0.1, 0.15) is 36.8 Å². The van der Waals surface area contributed by atoms with Crippen molar-refractivity contribution in [2.45, 2.75) is 38.1 Å². The van der Waals surface area contributed by atoms with Gasteiger partial charge in [0, 0.05) is 43.2 Å². The average Bonchev–Trinajstić information content (AvgIpc) is 3.20. The molecule has 1 aliphatic carbocycles. The van der Waals surface area contributed by atoms with Gasteiger partial charge >= 0.3 is 0 Å². The van der Waals surface area contributed by atoms with E-state index in [1.807, 2.05) is 43.6 Å². The van der Waals surface area contributed by atoms with Crippen molar-refractivity contribution >= 4 is 5.69 Å². The predicted molar refractivity (Wildman–Crippen MR) is 126 cm³/mol. The molecule has 2 heterocycles. The number of hydrogen-bond acceptors (Lipinski definition) is 5. The van der Waals surface area contributed by atoms with Crippen molar-refractivity contribution in [1.82, 2.24) is 20.1 Å². The van der Waals surface area contributed by atoms with Crippen molar-refractivity contribution in [2.75, 3.05) is 18.4 Å². The van der Waals surface area contributed by atoms with Gasteiger partial charge in [0.2, 0.25) is 0 Å². The molecule has 2 aromatic heterocycles. The number of benzene rings is 1. The number of H-pyrrole nitrogens is 1. The summed E-state index contributed by atoms with van der Waals surface area (Å²) in [5.74, 6) is 0.706. The number of rotatable bonds is 10. The Morgan fingerprint density at radius 3 is 2.72 bits per heavy atom. The molecule has 7 heteroatoms. The van der Waals surface area contributed by atoms with Crippen LogP contribution in [0.25, 0.3) is 11.1 Å². The quantitative estimate of drug-likeness (QED) is 0.458. The van der Waals surface area contributed by atoms with Gasteiger partial charge in [0.05, 0.1) is 17.8 Å². The first-order valence-corrected chi connectivity index (χ1v) is 11.3. The topological polar surface area (TPSA) is 98.5 Å². The molecule has 1 aliphatic rings. The zero-order chi connectivity index (χ0) is 22.3. The first-order chi connectivity index (χ1) is 15.6. The second kappa shape index (κ2) is 10.3. The number of aromatic amines is 1. The van der Waals surface area contributed by atoms with Crippen molar-refractivity contribution < 1.29 is 0 Å². The summed E-state index contributed by atoms with van der Waals surface area (Å²) in [6.07, 6.45) is 11.2. The number of anilines is 1. The lowest BCUT2D eigenvalue weighted by Gasteiger charge is -2.34. The van der Waals surface area contributed by atoms with Crippen molar-refractivity contribution in [2.24, 2.45) is 13.0 Å². The van der Waals surface area contributed by atoms with E-state index in [0.29, 0.717) is 23.2 Å². The van der Waals surface area contributed by atoms with E-state index in [-0.39, 0.29) is 5.56 Å². The first kappa shape index (κ1) is 21.8. The van der Waals surface area contributed by atoms with Gasteiger partial charge in [-0.3, -0.25) is 9.48 Å². The normalized spacial score (nSPS) is 14.5. The molecule has 1 saturated carbocycles. The van der Waals surface area contributed by atoms with Crippen molar-refractivity contribution in [3.63, 3.8) is 0 Å². The lowest BCUT2D eigenvalue weighted by atomic mass is 9.78. The minimum atomic E-state index is -0.105. The molecule has 0 radical (unpaired) electrons. The Morgan fingerprint density at radius 2 is 2.06 bits per heavy atom. The monoisotopic (exact) mass is 430 g/mol. The fourth-order valence-corrected chi connectivity index (χ4v) is 4.21. The highest BCUT2D eigenvalue weighted by Crippen LogP contribution is 2.31. The summed E-state index contributed by atoms with van der Waals surface area (Å²) in [5, 5.41) is 20.2. The Morgan fingerprint density at radius 1 is 1.25 bits per heavy atom. The van der Waals surface area contributed by atoms with Gasteiger partial charge in [0.15, 0.2) is 0 Å².